The van der Waals surface area contributed by atoms with Gasteiger partial charge in [0.15, 0.2) is 0 Å². The van der Waals surface area contributed by atoms with Gasteiger partial charge < -0.3 is 4.74 Å². The van der Waals surface area contributed by atoms with Crippen LogP contribution in [0.25, 0.3) is 10.8 Å². The van der Waals surface area contributed by atoms with Gasteiger partial charge in [-0.05, 0) is 71.4 Å². The molecule has 4 N–H and O–H groups in total. The van der Waals surface area contributed by atoms with Crippen LogP contribution in [0.3, 0.4) is 0 Å². The lowest BCUT2D eigenvalue weighted by Crippen LogP contribution is -2.29. The van der Waals surface area contributed by atoms with Crippen LogP contribution in [-0.2, 0) is 17.9 Å². The Morgan fingerprint density at radius 3 is 2.16 bits per heavy atom. The molecule has 8 nitrogen and oxygen atoms in total. The number of fused-ring (bicyclic) bond motifs is 1. The average molecular weight is 437 g/mol. The number of ether oxygens (including phenoxy) is 1. The van der Waals surface area contributed by atoms with Gasteiger partial charge in [0, 0.05) is 12.1 Å². The molecule has 0 aromatic heterocycles. The third-order valence-electron chi connectivity index (χ3n) is 5.20. The summed E-state index contributed by atoms with van der Waals surface area (Å²) in [7, 11) is 0. The SMILES string of the molecule is CCN(CC)Cc1ccc2cc(COC(=O)NNc3ccc(C(=O)NO)cc3)ccc2c1. The molecule has 0 radical (unpaired) electrons. The second-order valence-electron chi connectivity index (χ2n) is 7.32. The maximum absolute atomic E-state index is 12.0. The van der Waals surface area contributed by atoms with Gasteiger partial charge in [-0.25, -0.2) is 15.7 Å². The second kappa shape index (κ2) is 11.1. The standard InChI is InChI=1S/C24H28N4O4/c1-3-28(4-2)15-17-5-7-21-14-18(6-8-20(21)13-17)16-32-24(30)26-25-22-11-9-19(10-12-22)23(29)27-31/h5-14,25,31H,3-4,15-16H2,1-2H3,(H,26,30)(H,27,29). The summed E-state index contributed by atoms with van der Waals surface area (Å²) >= 11 is 0. The van der Waals surface area contributed by atoms with E-state index in [1.807, 2.05) is 18.2 Å². The molecule has 8 heteroatoms. The van der Waals surface area contributed by atoms with E-state index in [9.17, 15) is 9.59 Å². The monoisotopic (exact) mass is 436 g/mol. The van der Waals surface area contributed by atoms with Gasteiger partial charge in [-0.2, -0.15) is 0 Å². The molecule has 0 bridgehead atoms. The number of anilines is 1. The van der Waals surface area contributed by atoms with Gasteiger partial charge in [-0.3, -0.25) is 20.3 Å². The number of rotatable bonds is 9. The first-order valence-electron chi connectivity index (χ1n) is 10.5. The quantitative estimate of drug-likeness (QED) is 0.298. The molecule has 3 aromatic carbocycles. The molecule has 0 unspecified atom stereocenters. The van der Waals surface area contributed by atoms with Crippen molar-refractivity contribution in [2.24, 2.45) is 0 Å². The number of hydrogen-bond acceptors (Lipinski definition) is 6. The normalized spacial score (nSPS) is 10.8. The molecule has 168 valence electrons. The highest BCUT2D eigenvalue weighted by molar-refractivity contribution is 5.93. The van der Waals surface area contributed by atoms with Crippen LogP contribution in [0.2, 0.25) is 0 Å². The lowest BCUT2D eigenvalue weighted by molar-refractivity contribution is 0.0706. The minimum atomic E-state index is -0.628. The number of carbonyl (C=O) groups is 2. The molecule has 0 atom stereocenters. The lowest BCUT2D eigenvalue weighted by atomic mass is 10.0. The largest absolute Gasteiger partial charge is 0.443 e. The van der Waals surface area contributed by atoms with Crippen molar-refractivity contribution in [3.05, 3.63) is 77.4 Å². The number of hydroxylamine groups is 1. The Labute approximate surface area is 187 Å². The topological polar surface area (TPSA) is 103 Å². The van der Waals surface area contributed by atoms with E-state index in [1.165, 1.54) is 17.7 Å². The van der Waals surface area contributed by atoms with Crippen LogP contribution < -0.4 is 16.3 Å². The maximum Gasteiger partial charge on any atom is 0.426 e. The van der Waals surface area contributed by atoms with E-state index in [0.717, 1.165) is 36.0 Å². The summed E-state index contributed by atoms with van der Waals surface area (Å²) in [5.74, 6) is -0.612. The van der Waals surface area contributed by atoms with Crippen molar-refractivity contribution in [2.75, 3.05) is 18.5 Å². The molecule has 0 heterocycles. The first-order chi connectivity index (χ1) is 15.5. The zero-order valence-corrected chi connectivity index (χ0v) is 18.2. The molecule has 0 saturated carbocycles. The molecule has 3 rings (SSSR count). The van der Waals surface area contributed by atoms with Gasteiger partial charge in [-0.1, -0.05) is 38.1 Å². The fraction of sp³-hybridized carbons (Fsp3) is 0.250. The molecule has 0 saturated heterocycles. The highest BCUT2D eigenvalue weighted by atomic mass is 16.6. The fourth-order valence-electron chi connectivity index (χ4n) is 3.32. The summed E-state index contributed by atoms with van der Waals surface area (Å²) in [5.41, 5.74) is 9.72. The predicted molar refractivity (Wildman–Crippen MR) is 123 cm³/mol. The van der Waals surface area contributed by atoms with Gasteiger partial charge in [0.25, 0.3) is 5.91 Å². The van der Waals surface area contributed by atoms with Crippen molar-refractivity contribution in [2.45, 2.75) is 27.0 Å². The first kappa shape index (κ1) is 23.1. The predicted octanol–water partition coefficient (Wildman–Crippen LogP) is 4.05. The molecule has 3 aromatic rings. The molecule has 2 amide bonds. The third kappa shape index (κ3) is 6.19. The van der Waals surface area contributed by atoms with Crippen molar-refractivity contribution < 1.29 is 19.5 Å². The van der Waals surface area contributed by atoms with Crippen LogP contribution in [0.5, 0.6) is 0 Å². The van der Waals surface area contributed by atoms with Crippen molar-refractivity contribution in [3.63, 3.8) is 0 Å². The lowest BCUT2D eigenvalue weighted by Gasteiger charge is -2.18. The van der Waals surface area contributed by atoms with Crippen LogP contribution in [-0.4, -0.2) is 35.2 Å². The third-order valence-corrected chi connectivity index (χ3v) is 5.20. The Balaban J connectivity index is 1.51. The molecule has 0 aliphatic carbocycles. The second-order valence-corrected chi connectivity index (χ2v) is 7.32. The Kier molecular flexibility index (Phi) is 8.02. The van der Waals surface area contributed by atoms with E-state index < -0.39 is 12.0 Å². The summed E-state index contributed by atoms with van der Waals surface area (Å²) in [6, 6.07) is 18.6. The number of nitrogens with one attached hydrogen (secondary N) is 3. The van der Waals surface area contributed by atoms with E-state index in [4.69, 9.17) is 9.94 Å². The Hall–Kier alpha value is -3.62. The number of amides is 2. The molecule has 0 fully saturated rings. The van der Waals surface area contributed by atoms with Crippen LogP contribution >= 0.6 is 0 Å². The van der Waals surface area contributed by atoms with E-state index in [-0.39, 0.29) is 12.2 Å². The number of nitrogens with zero attached hydrogens (tertiary/aromatic N) is 1. The van der Waals surface area contributed by atoms with Crippen molar-refractivity contribution in [3.8, 4) is 0 Å². The summed E-state index contributed by atoms with van der Waals surface area (Å²) in [6.45, 7) is 7.44. The summed E-state index contributed by atoms with van der Waals surface area (Å²) in [4.78, 5) is 25.7. The molecule has 0 aliphatic heterocycles. The minimum absolute atomic E-state index is 0.139. The molecule has 32 heavy (non-hydrogen) atoms. The van der Waals surface area contributed by atoms with E-state index >= 15 is 0 Å². The van der Waals surface area contributed by atoms with Crippen molar-refractivity contribution >= 4 is 28.5 Å². The van der Waals surface area contributed by atoms with Crippen LogP contribution in [0, 0.1) is 0 Å². The number of benzene rings is 3. The van der Waals surface area contributed by atoms with Gasteiger partial charge in [0.1, 0.15) is 6.61 Å². The van der Waals surface area contributed by atoms with Crippen LogP contribution in [0.4, 0.5) is 10.5 Å². The Bertz CT molecular complexity index is 1070. The molecular formula is C24H28N4O4. The van der Waals surface area contributed by atoms with Crippen molar-refractivity contribution in [1.29, 1.82) is 0 Å². The van der Waals surface area contributed by atoms with E-state index in [2.05, 4.69) is 47.8 Å². The highest BCUT2D eigenvalue weighted by Gasteiger charge is 2.07. The van der Waals surface area contributed by atoms with E-state index in [1.54, 1.807) is 17.6 Å². The Morgan fingerprint density at radius 2 is 1.53 bits per heavy atom. The smallest absolute Gasteiger partial charge is 0.426 e. The zero-order valence-electron chi connectivity index (χ0n) is 18.2. The van der Waals surface area contributed by atoms with Gasteiger partial charge in [-0.15, -0.1) is 0 Å². The van der Waals surface area contributed by atoms with Gasteiger partial charge in [0.05, 0.1) is 5.69 Å². The van der Waals surface area contributed by atoms with E-state index in [0.29, 0.717) is 5.69 Å². The Morgan fingerprint density at radius 1 is 0.906 bits per heavy atom. The number of carbonyl (C=O) groups excluding carboxylic acids is 2. The summed E-state index contributed by atoms with van der Waals surface area (Å²) in [6.07, 6.45) is -0.628. The van der Waals surface area contributed by atoms with Crippen LogP contribution in [0.15, 0.2) is 60.7 Å². The summed E-state index contributed by atoms with van der Waals surface area (Å²) < 4.78 is 5.27. The fourth-order valence-corrected chi connectivity index (χ4v) is 3.32. The number of hydrazine groups is 1. The van der Waals surface area contributed by atoms with Gasteiger partial charge >= 0.3 is 6.09 Å². The van der Waals surface area contributed by atoms with Crippen molar-refractivity contribution in [1.82, 2.24) is 15.8 Å². The zero-order chi connectivity index (χ0) is 22.9. The maximum atomic E-state index is 12.0. The summed E-state index contributed by atoms with van der Waals surface area (Å²) in [5, 5.41) is 10.9. The molecule has 0 aliphatic rings. The van der Waals surface area contributed by atoms with Gasteiger partial charge in [0.2, 0.25) is 0 Å². The molecular weight excluding hydrogens is 408 g/mol. The first-order valence-corrected chi connectivity index (χ1v) is 10.5. The number of hydrogen-bond donors (Lipinski definition) is 4. The highest BCUT2D eigenvalue weighted by Crippen LogP contribution is 2.19. The van der Waals surface area contributed by atoms with Crippen LogP contribution in [0.1, 0.15) is 35.3 Å². The minimum Gasteiger partial charge on any atom is -0.443 e. The average Bonchev–Trinajstić information content (AvgIpc) is 2.84. The molecule has 0 spiro atoms.